The molecule has 0 spiro atoms. The fourth-order valence-corrected chi connectivity index (χ4v) is 3.68. The van der Waals surface area contributed by atoms with Crippen molar-refractivity contribution in [3.05, 3.63) is 89.5 Å². The van der Waals surface area contributed by atoms with Crippen molar-refractivity contribution in [1.82, 2.24) is 0 Å². The van der Waals surface area contributed by atoms with Crippen molar-refractivity contribution in [2.45, 2.75) is 17.6 Å². The van der Waals surface area contributed by atoms with Crippen molar-refractivity contribution in [3.8, 4) is 11.8 Å². The molecule has 0 fully saturated rings. The third kappa shape index (κ3) is 4.90. The van der Waals surface area contributed by atoms with Gasteiger partial charge in [-0.2, -0.15) is 12.8 Å². The van der Waals surface area contributed by atoms with Crippen LogP contribution in [0, 0.1) is 18.8 Å². The molecule has 0 unspecified atom stereocenters. The molecule has 2 aromatic carbocycles. The molecule has 1 aliphatic carbocycles. The molecular weight excluding hydrogens is 386 g/mol. The van der Waals surface area contributed by atoms with Crippen molar-refractivity contribution < 1.29 is 17.9 Å². The molecule has 0 aromatic heterocycles. The zero-order valence-corrected chi connectivity index (χ0v) is 17.2. The van der Waals surface area contributed by atoms with E-state index in [1.54, 1.807) is 30.4 Å². The summed E-state index contributed by atoms with van der Waals surface area (Å²) in [6, 6.07) is 15.9. The molecule has 0 saturated carbocycles. The molecule has 0 radical (unpaired) electrons. The Labute approximate surface area is 171 Å². The van der Waals surface area contributed by atoms with Crippen molar-refractivity contribution in [1.29, 1.82) is 0 Å². The maximum absolute atomic E-state index is 12.8. The molecule has 0 N–H and O–H groups in total. The first-order chi connectivity index (χ1) is 13.9. The Morgan fingerprint density at radius 1 is 0.931 bits per heavy atom. The highest BCUT2D eigenvalue weighted by Crippen LogP contribution is 2.25. The lowest BCUT2D eigenvalue weighted by Crippen LogP contribution is -2.32. The summed E-state index contributed by atoms with van der Waals surface area (Å²) in [6.07, 6.45) is 4.77. The third-order valence-electron chi connectivity index (χ3n) is 4.39. The molecule has 0 bridgehead atoms. The van der Waals surface area contributed by atoms with E-state index < -0.39 is 15.8 Å². The molecule has 6 heteroatoms. The van der Waals surface area contributed by atoms with Gasteiger partial charge in [0, 0.05) is 19.8 Å². The topological polar surface area (TPSA) is 65.0 Å². The minimum atomic E-state index is -3.90. The zero-order chi connectivity index (χ0) is 20.9. The van der Waals surface area contributed by atoms with E-state index in [-0.39, 0.29) is 10.6 Å². The molecule has 148 valence electrons. The number of sulfonamides is 1. The van der Waals surface area contributed by atoms with Gasteiger partial charge in [-0.25, -0.2) is 0 Å². The van der Waals surface area contributed by atoms with Crippen LogP contribution in [-0.2, 0) is 19.5 Å². The fourth-order valence-electron chi connectivity index (χ4n) is 2.68. The van der Waals surface area contributed by atoms with Crippen LogP contribution >= 0.6 is 0 Å². The summed E-state index contributed by atoms with van der Waals surface area (Å²) in [5.74, 6) is 4.89. The molecular formula is C23H21NO4S. The molecule has 1 aliphatic rings. The largest absolute Gasteiger partial charge is 0.346 e. The SMILES string of the molecule is COC1(OC)C=C/C(=N\S(=O)(=O)c2ccc(C)cc2)C(C#Cc2ccccc2)=C1. The quantitative estimate of drug-likeness (QED) is 0.573. The highest BCUT2D eigenvalue weighted by Gasteiger charge is 2.29. The predicted molar refractivity (Wildman–Crippen MR) is 113 cm³/mol. The monoisotopic (exact) mass is 407 g/mol. The number of allylic oxidation sites excluding steroid dienone is 2. The molecule has 29 heavy (non-hydrogen) atoms. The Hall–Kier alpha value is -2.98. The second-order valence-corrected chi connectivity index (χ2v) is 8.01. The Bertz CT molecular complexity index is 1130. The maximum atomic E-state index is 12.8. The van der Waals surface area contributed by atoms with Gasteiger partial charge in [-0.3, -0.25) is 0 Å². The van der Waals surface area contributed by atoms with Crippen LogP contribution in [0.3, 0.4) is 0 Å². The molecule has 2 aromatic rings. The second kappa shape index (κ2) is 8.58. The summed E-state index contributed by atoms with van der Waals surface area (Å²) in [5, 5.41) is 0. The minimum Gasteiger partial charge on any atom is -0.346 e. The van der Waals surface area contributed by atoms with Gasteiger partial charge in [-0.05, 0) is 49.4 Å². The summed E-state index contributed by atoms with van der Waals surface area (Å²) in [7, 11) is -0.901. The summed E-state index contributed by atoms with van der Waals surface area (Å²) in [5.41, 5.74) is 2.38. The van der Waals surface area contributed by atoms with Gasteiger partial charge in [0.2, 0.25) is 5.79 Å². The Morgan fingerprint density at radius 3 is 2.21 bits per heavy atom. The molecule has 0 atom stereocenters. The number of rotatable bonds is 4. The van der Waals surface area contributed by atoms with Crippen LogP contribution in [0.1, 0.15) is 11.1 Å². The fraction of sp³-hybridized carbons (Fsp3) is 0.174. The number of methoxy groups -OCH3 is 2. The molecule has 0 amide bonds. The molecule has 0 aliphatic heterocycles. The first-order valence-corrected chi connectivity index (χ1v) is 10.3. The van der Waals surface area contributed by atoms with Crippen molar-refractivity contribution >= 4 is 15.7 Å². The third-order valence-corrected chi connectivity index (χ3v) is 5.69. The van der Waals surface area contributed by atoms with E-state index >= 15 is 0 Å². The van der Waals surface area contributed by atoms with E-state index in [2.05, 4.69) is 16.2 Å². The van der Waals surface area contributed by atoms with Gasteiger partial charge in [-0.1, -0.05) is 47.7 Å². The second-order valence-electron chi connectivity index (χ2n) is 6.40. The van der Waals surface area contributed by atoms with E-state index in [0.717, 1.165) is 11.1 Å². The standard InChI is InChI=1S/C23H21NO4S/c1-18-9-13-21(14-10-18)29(25,26)24-22-15-16-23(27-2,28-3)17-20(22)12-11-19-7-5-4-6-8-19/h4-10,13-17H,1-3H3/b24-22+. The highest BCUT2D eigenvalue weighted by atomic mass is 32.2. The van der Waals surface area contributed by atoms with Crippen molar-refractivity contribution in [3.63, 3.8) is 0 Å². The molecule has 5 nitrogen and oxygen atoms in total. The number of hydrogen-bond donors (Lipinski definition) is 0. The first-order valence-electron chi connectivity index (χ1n) is 8.89. The Balaban J connectivity index is 2.06. The van der Waals surface area contributed by atoms with Crippen LogP contribution in [0.5, 0.6) is 0 Å². The van der Waals surface area contributed by atoms with Crippen LogP contribution in [0.2, 0.25) is 0 Å². The van der Waals surface area contributed by atoms with E-state index in [9.17, 15) is 8.42 Å². The summed E-state index contributed by atoms with van der Waals surface area (Å²) in [6.45, 7) is 1.89. The highest BCUT2D eigenvalue weighted by molar-refractivity contribution is 7.90. The average molecular weight is 407 g/mol. The smallest absolute Gasteiger partial charge is 0.282 e. The van der Waals surface area contributed by atoms with E-state index in [4.69, 9.17) is 9.47 Å². The normalized spacial score (nSPS) is 16.8. The van der Waals surface area contributed by atoms with Gasteiger partial charge in [0.15, 0.2) is 0 Å². The lowest BCUT2D eigenvalue weighted by molar-refractivity contribution is -0.133. The Morgan fingerprint density at radius 2 is 1.59 bits per heavy atom. The first kappa shape index (κ1) is 20.7. The van der Waals surface area contributed by atoms with Gasteiger partial charge >= 0.3 is 0 Å². The van der Waals surface area contributed by atoms with Gasteiger partial charge < -0.3 is 9.47 Å². The van der Waals surface area contributed by atoms with E-state index in [1.807, 2.05) is 37.3 Å². The summed E-state index contributed by atoms with van der Waals surface area (Å²) >= 11 is 0. The summed E-state index contributed by atoms with van der Waals surface area (Å²) in [4.78, 5) is 0.120. The molecule has 0 heterocycles. The Kier molecular flexibility index (Phi) is 6.14. The van der Waals surface area contributed by atoms with Crippen LogP contribution in [0.15, 0.2) is 87.7 Å². The number of benzene rings is 2. The van der Waals surface area contributed by atoms with E-state index in [0.29, 0.717) is 5.57 Å². The lowest BCUT2D eigenvalue weighted by Gasteiger charge is -2.27. The maximum Gasteiger partial charge on any atom is 0.282 e. The number of hydrogen-bond acceptors (Lipinski definition) is 4. The number of ether oxygens (including phenoxy) is 2. The van der Waals surface area contributed by atoms with Crippen LogP contribution in [0.4, 0.5) is 0 Å². The van der Waals surface area contributed by atoms with E-state index in [1.165, 1.54) is 26.4 Å². The van der Waals surface area contributed by atoms with Crippen molar-refractivity contribution in [2.24, 2.45) is 4.40 Å². The average Bonchev–Trinajstić information content (AvgIpc) is 2.74. The van der Waals surface area contributed by atoms with Gasteiger partial charge in [0.25, 0.3) is 10.0 Å². The van der Waals surface area contributed by atoms with Crippen LogP contribution in [-0.4, -0.2) is 34.1 Å². The van der Waals surface area contributed by atoms with Crippen LogP contribution in [0.25, 0.3) is 0 Å². The summed E-state index contributed by atoms with van der Waals surface area (Å²) < 4.78 is 40.4. The molecule has 0 saturated heterocycles. The van der Waals surface area contributed by atoms with Crippen molar-refractivity contribution in [2.75, 3.05) is 14.2 Å². The van der Waals surface area contributed by atoms with Crippen LogP contribution < -0.4 is 0 Å². The molecule has 3 rings (SSSR count). The van der Waals surface area contributed by atoms with Gasteiger partial charge in [0.05, 0.1) is 16.2 Å². The van der Waals surface area contributed by atoms with Gasteiger partial charge in [0.1, 0.15) is 0 Å². The minimum absolute atomic E-state index is 0.120. The predicted octanol–water partition coefficient (Wildman–Crippen LogP) is 3.66. The number of aryl methyl sites for hydroxylation is 1. The number of nitrogens with zero attached hydrogens (tertiary/aromatic N) is 1. The lowest BCUT2D eigenvalue weighted by atomic mass is 9.99. The zero-order valence-electron chi connectivity index (χ0n) is 16.4. The van der Waals surface area contributed by atoms with Gasteiger partial charge in [-0.15, -0.1) is 0 Å².